The van der Waals surface area contributed by atoms with Gasteiger partial charge in [-0.2, -0.15) is 4.39 Å². The zero-order valence-electron chi connectivity index (χ0n) is 11.1. The first kappa shape index (κ1) is 13.1. The van der Waals surface area contributed by atoms with Gasteiger partial charge in [-0.3, -0.25) is 0 Å². The predicted molar refractivity (Wildman–Crippen MR) is 75.0 cm³/mol. The van der Waals surface area contributed by atoms with E-state index in [0.29, 0.717) is 11.7 Å². The lowest BCUT2D eigenvalue weighted by molar-refractivity contribution is 0.143. The number of benzene rings is 1. The first-order valence-electron chi connectivity index (χ1n) is 6.87. The van der Waals surface area contributed by atoms with Gasteiger partial charge in [0.2, 0.25) is 5.95 Å². The molecule has 0 spiro atoms. The molecular weight excluding hydrogens is 255 g/mol. The van der Waals surface area contributed by atoms with Gasteiger partial charge in [0.1, 0.15) is 11.9 Å². The maximum atomic E-state index is 12.9. The van der Waals surface area contributed by atoms with Gasteiger partial charge in [-0.05, 0) is 30.7 Å². The topological polar surface area (TPSA) is 34.1 Å². The summed E-state index contributed by atoms with van der Waals surface area (Å²) >= 11 is 0. The van der Waals surface area contributed by atoms with Gasteiger partial charge in [0.15, 0.2) is 0 Å². The van der Waals surface area contributed by atoms with E-state index in [-0.39, 0.29) is 6.10 Å². The van der Waals surface area contributed by atoms with E-state index in [2.05, 4.69) is 22.4 Å². The van der Waals surface area contributed by atoms with Crippen molar-refractivity contribution in [2.45, 2.75) is 12.5 Å². The summed E-state index contributed by atoms with van der Waals surface area (Å²) in [7, 11) is 0. The fraction of sp³-hybridized carbons (Fsp3) is 0.312. The second kappa shape index (κ2) is 6.01. The Morgan fingerprint density at radius 2 is 2.05 bits per heavy atom. The normalized spacial score (nSPS) is 19.8. The number of hydrogen-bond acceptors (Lipinski definition) is 3. The van der Waals surface area contributed by atoms with Crippen LogP contribution in [0.25, 0.3) is 0 Å². The van der Waals surface area contributed by atoms with E-state index < -0.39 is 5.95 Å². The van der Waals surface area contributed by atoms with Crippen LogP contribution in [0, 0.1) is 11.9 Å². The highest BCUT2D eigenvalue weighted by Gasteiger charge is 2.28. The second-order valence-electron chi connectivity index (χ2n) is 5.02. The van der Waals surface area contributed by atoms with Crippen molar-refractivity contribution in [3.05, 3.63) is 60.2 Å². The number of rotatable bonds is 4. The Morgan fingerprint density at radius 3 is 2.70 bits per heavy atom. The second-order valence-corrected chi connectivity index (χ2v) is 5.02. The third kappa shape index (κ3) is 2.96. The van der Waals surface area contributed by atoms with Crippen LogP contribution in [0.15, 0.2) is 48.7 Å². The summed E-state index contributed by atoms with van der Waals surface area (Å²) in [5.41, 5.74) is 1.14. The first-order valence-corrected chi connectivity index (χ1v) is 6.87. The molecule has 2 aromatic rings. The molecule has 2 heterocycles. The van der Waals surface area contributed by atoms with Gasteiger partial charge >= 0.3 is 0 Å². The highest BCUT2D eigenvalue weighted by molar-refractivity contribution is 5.23. The van der Waals surface area contributed by atoms with Crippen LogP contribution >= 0.6 is 0 Å². The summed E-state index contributed by atoms with van der Waals surface area (Å²) in [5.74, 6) is 0.533. The minimum Gasteiger partial charge on any atom is -0.484 e. The van der Waals surface area contributed by atoms with E-state index in [1.165, 1.54) is 12.3 Å². The number of nitrogens with one attached hydrogen (secondary N) is 1. The van der Waals surface area contributed by atoms with E-state index in [1.807, 2.05) is 18.2 Å². The third-order valence-corrected chi connectivity index (χ3v) is 3.62. The summed E-state index contributed by atoms with van der Waals surface area (Å²) in [6.45, 7) is 1.95. The van der Waals surface area contributed by atoms with Gasteiger partial charge in [-0.25, -0.2) is 4.98 Å². The van der Waals surface area contributed by atoms with Gasteiger partial charge in [0, 0.05) is 12.5 Å². The number of ether oxygens (including phenoxy) is 1. The highest BCUT2D eigenvalue weighted by atomic mass is 19.1. The van der Waals surface area contributed by atoms with Crippen LogP contribution in [0.3, 0.4) is 0 Å². The standard InChI is InChI=1S/C16H17FN2O/c17-15-7-6-14(11-19-15)20-16(13-8-9-18-10-13)12-4-2-1-3-5-12/h1-7,11,13,16,18H,8-10H2/t13-,16?/m1/s1. The van der Waals surface area contributed by atoms with E-state index >= 15 is 0 Å². The number of aromatic nitrogens is 1. The predicted octanol–water partition coefficient (Wildman–Crippen LogP) is 2.95. The summed E-state index contributed by atoms with van der Waals surface area (Å²) in [6.07, 6.45) is 2.49. The van der Waals surface area contributed by atoms with Crippen LogP contribution in [0.1, 0.15) is 18.1 Å². The molecule has 0 amide bonds. The Balaban J connectivity index is 1.83. The summed E-state index contributed by atoms with van der Waals surface area (Å²) < 4.78 is 18.9. The van der Waals surface area contributed by atoms with Crippen molar-refractivity contribution in [2.75, 3.05) is 13.1 Å². The van der Waals surface area contributed by atoms with Crippen molar-refractivity contribution in [3.8, 4) is 5.75 Å². The molecule has 2 atom stereocenters. The summed E-state index contributed by atoms with van der Waals surface area (Å²) in [5, 5.41) is 3.36. The van der Waals surface area contributed by atoms with Gasteiger partial charge in [0.05, 0.1) is 6.20 Å². The third-order valence-electron chi connectivity index (χ3n) is 3.62. The van der Waals surface area contributed by atoms with Crippen LogP contribution in [-0.4, -0.2) is 18.1 Å². The molecule has 20 heavy (non-hydrogen) atoms. The van der Waals surface area contributed by atoms with Crippen molar-refractivity contribution >= 4 is 0 Å². The number of nitrogens with zero attached hydrogens (tertiary/aromatic N) is 1. The molecule has 0 aliphatic carbocycles. The maximum Gasteiger partial charge on any atom is 0.213 e. The Kier molecular flexibility index (Phi) is 3.92. The highest BCUT2D eigenvalue weighted by Crippen LogP contribution is 2.31. The van der Waals surface area contributed by atoms with E-state index in [9.17, 15) is 4.39 Å². The fourth-order valence-electron chi connectivity index (χ4n) is 2.59. The SMILES string of the molecule is Fc1ccc(OC(c2ccccc2)[C@@H]2CCNC2)cn1. The molecular formula is C16H17FN2O. The molecule has 1 N–H and O–H groups in total. The first-order chi connectivity index (χ1) is 9.83. The lowest BCUT2D eigenvalue weighted by atomic mass is 9.95. The maximum absolute atomic E-state index is 12.9. The molecule has 3 rings (SSSR count). The quantitative estimate of drug-likeness (QED) is 0.869. The smallest absolute Gasteiger partial charge is 0.213 e. The molecule has 1 aromatic carbocycles. The van der Waals surface area contributed by atoms with Gasteiger partial charge in [0.25, 0.3) is 0 Å². The molecule has 0 bridgehead atoms. The van der Waals surface area contributed by atoms with E-state index in [4.69, 9.17) is 4.74 Å². The molecule has 0 saturated carbocycles. The molecule has 4 heteroatoms. The molecule has 1 aromatic heterocycles. The Labute approximate surface area is 117 Å². The van der Waals surface area contributed by atoms with E-state index in [1.54, 1.807) is 6.07 Å². The Bertz CT molecular complexity index is 538. The number of hydrogen-bond donors (Lipinski definition) is 1. The monoisotopic (exact) mass is 272 g/mol. The Hall–Kier alpha value is -1.94. The van der Waals surface area contributed by atoms with Crippen molar-refractivity contribution < 1.29 is 9.13 Å². The molecule has 1 fully saturated rings. The Morgan fingerprint density at radius 1 is 1.20 bits per heavy atom. The average molecular weight is 272 g/mol. The summed E-state index contributed by atoms with van der Waals surface area (Å²) in [6, 6.07) is 13.1. The molecule has 1 saturated heterocycles. The van der Waals surface area contributed by atoms with Gasteiger partial charge in [-0.1, -0.05) is 30.3 Å². The molecule has 1 aliphatic heterocycles. The zero-order valence-corrected chi connectivity index (χ0v) is 11.1. The van der Waals surface area contributed by atoms with Crippen molar-refractivity contribution in [2.24, 2.45) is 5.92 Å². The lowest BCUT2D eigenvalue weighted by Gasteiger charge is -2.24. The van der Waals surface area contributed by atoms with Crippen LogP contribution in [0.4, 0.5) is 4.39 Å². The minimum absolute atomic E-state index is 0.0292. The molecule has 0 radical (unpaired) electrons. The van der Waals surface area contributed by atoms with Crippen LogP contribution in [0.2, 0.25) is 0 Å². The van der Waals surface area contributed by atoms with Crippen LogP contribution in [0.5, 0.6) is 5.75 Å². The zero-order chi connectivity index (χ0) is 13.8. The molecule has 3 nitrogen and oxygen atoms in total. The largest absolute Gasteiger partial charge is 0.484 e. The fourth-order valence-corrected chi connectivity index (χ4v) is 2.59. The minimum atomic E-state index is -0.490. The summed E-state index contributed by atoms with van der Waals surface area (Å²) in [4.78, 5) is 3.65. The van der Waals surface area contributed by atoms with Crippen molar-refractivity contribution in [3.63, 3.8) is 0 Å². The van der Waals surface area contributed by atoms with Gasteiger partial charge in [-0.15, -0.1) is 0 Å². The van der Waals surface area contributed by atoms with Crippen LogP contribution < -0.4 is 10.1 Å². The van der Waals surface area contributed by atoms with Gasteiger partial charge < -0.3 is 10.1 Å². The molecule has 104 valence electrons. The van der Waals surface area contributed by atoms with Crippen LogP contribution in [-0.2, 0) is 0 Å². The number of halogens is 1. The molecule has 1 aliphatic rings. The van der Waals surface area contributed by atoms with Crippen molar-refractivity contribution in [1.29, 1.82) is 0 Å². The lowest BCUT2D eigenvalue weighted by Crippen LogP contribution is -2.21. The average Bonchev–Trinajstić information content (AvgIpc) is 3.01. The van der Waals surface area contributed by atoms with E-state index in [0.717, 1.165) is 25.1 Å². The van der Waals surface area contributed by atoms with Crippen molar-refractivity contribution in [1.82, 2.24) is 10.3 Å². The number of pyridine rings is 1. The molecule has 1 unspecified atom stereocenters.